The number of carbonyl (C=O) groups excluding carboxylic acids is 2. The molecule has 2 aromatic rings. The molecule has 0 spiro atoms. The highest BCUT2D eigenvalue weighted by molar-refractivity contribution is 7.17. The third kappa shape index (κ3) is 4.69. The second kappa shape index (κ2) is 9.04. The molecule has 3 rings (SSSR count). The first-order valence-electron chi connectivity index (χ1n) is 9.36. The van der Waals surface area contributed by atoms with Crippen LogP contribution < -0.4 is 10.1 Å². The minimum atomic E-state index is -0.323. The number of aryl methyl sites for hydroxylation is 1. The zero-order chi connectivity index (χ0) is 19.2. The average Bonchev–Trinajstić information content (AvgIpc) is 3.04. The number of methoxy groups -OCH3 is 1. The Kier molecular flexibility index (Phi) is 6.50. The third-order valence-electron chi connectivity index (χ3n) is 4.59. The van der Waals surface area contributed by atoms with Crippen LogP contribution in [0.3, 0.4) is 0 Å². The van der Waals surface area contributed by atoms with Crippen molar-refractivity contribution in [2.45, 2.75) is 45.4 Å². The second-order valence-corrected chi connectivity index (χ2v) is 7.73. The van der Waals surface area contributed by atoms with Gasteiger partial charge in [0.1, 0.15) is 10.8 Å². The number of ether oxygens (including phenoxy) is 2. The van der Waals surface area contributed by atoms with Gasteiger partial charge in [0.2, 0.25) is 5.91 Å². The van der Waals surface area contributed by atoms with Gasteiger partial charge >= 0.3 is 5.97 Å². The molecule has 0 saturated carbocycles. The summed E-state index contributed by atoms with van der Waals surface area (Å²) in [5.74, 6) is 0.297. The van der Waals surface area contributed by atoms with E-state index in [0.717, 1.165) is 49.0 Å². The lowest BCUT2D eigenvalue weighted by molar-refractivity contribution is -0.115. The highest BCUT2D eigenvalue weighted by Gasteiger charge is 2.27. The normalized spacial score (nSPS) is 13.0. The molecule has 5 nitrogen and oxygen atoms in total. The van der Waals surface area contributed by atoms with Gasteiger partial charge in [-0.25, -0.2) is 4.79 Å². The summed E-state index contributed by atoms with van der Waals surface area (Å²) < 4.78 is 10.5. The number of hydrogen-bond donors (Lipinski definition) is 1. The molecular formula is C21H25NO4S. The number of anilines is 1. The lowest BCUT2D eigenvalue weighted by atomic mass is 9.95. The van der Waals surface area contributed by atoms with Crippen molar-refractivity contribution in [1.82, 2.24) is 0 Å². The summed E-state index contributed by atoms with van der Waals surface area (Å²) in [6.07, 6.45) is 5.04. The van der Waals surface area contributed by atoms with Crippen molar-refractivity contribution >= 4 is 28.2 Å². The van der Waals surface area contributed by atoms with Gasteiger partial charge in [-0.05, 0) is 55.4 Å². The van der Waals surface area contributed by atoms with Crippen LogP contribution in [-0.2, 0) is 28.8 Å². The highest BCUT2D eigenvalue weighted by Crippen LogP contribution is 2.38. The Labute approximate surface area is 163 Å². The molecule has 6 heteroatoms. The van der Waals surface area contributed by atoms with Gasteiger partial charge in [-0.1, -0.05) is 19.1 Å². The van der Waals surface area contributed by atoms with Crippen molar-refractivity contribution < 1.29 is 19.1 Å². The topological polar surface area (TPSA) is 64.6 Å². The summed E-state index contributed by atoms with van der Waals surface area (Å²) in [5, 5.41) is 3.58. The molecule has 1 aromatic carbocycles. The van der Waals surface area contributed by atoms with E-state index in [9.17, 15) is 9.59 Å². The number of rotatable bonds is 7. The van der Waals surface area contributed by atoms with Crippen LogP contribution in [0, 0.1) is 0 Å². The maximum atomic E-state index is 12.6. The molecule has 0 aliphatic heterocycles. The fourth-order valence-corrected chi connectivity index (χ4v) is 4.53. The van der Waals surface area contributed by atoms with Gasteiger partial charge in [0.05, 0.1) is 25.7 Å². The SMILES string of the molecule is CCCOC(=O)c1c(NC(=O)Cc2ccc(OC)cc2)sc2c1CCCC2. The zero-order valence-corrected chi connectivity index (χ0v) is 16.6. The standard InChI is InChI=1S/C21H25NO4S/c1-3-12-26-21(24)19-16-6-4-5-7-17(16)27-20(19)22-18(23)13-14-8-10-15(25-2)11-9-14/h8-11H,3-7,12-13H2,1-2H3,(H,22,23). The van der Waals surface area contributed by atoms with Crippen LogP contribution in [0.5, 0.6) is 5.75 Å². The first kappa shape index (κ1) is 19.4. The quantitative estimate of drug-likeness (QED) is 0.716. The third-order valence-corrected chi connectivity index (χ3v) is 5.80. The smallest absolute Gasteiger partial charge is 0.341 e. The minimum Gasteiger partial charge on any atom is -0.497 e. The monoisotopic (exact) mass is 387 g/mol. The number of esters is 1. The molecule has 1 aliphatic rings. The summed E-state index contributed by atoms with van der Waals surface area (Å²) in [7, 11) is 1.61. The molecule has 1 aliphatic carbocycles. The number of hydrogen-bond acceptors (Lipinski definition) is 5. The molecule has 1 heterocycles. The van der Waals surface area contributed by atoms with Crippen LogP contribution in [0.15, 0.2) is 24.3 Å². The lowest BCUT2D eigenvalue weighted by Gasteiger charge is -2.12. The van der Waals surface area contributed by atoms with Crippen molar-refractivity contribution in [1.29, 1.82) is 0 Å². The Bertz CT molecular complexity index is 810. The second-order valence-electron chi connectivity index (χ2n) is 6.62. The van der Waals surface area contributed by atoms with Crippen LogP contribution in [0.25, 0.3) is 0 Å². The van der Waals surface area contributed by atoms with Gasteiger partial charge in [0.25, 0.3) is 0 Å². The fraction of sp³-hybridized carbons (Fsp3) is 0.429. The number of nitrogens with one attached hydrogen (secondary N) is 1. The summed E-state index contributed by atoms with van der Waals surface area (Å²) in [4.78, 5) is 26.3. The Morgan fingerprint density at radius 1 is 1.15 bits per heavy atom. The van der Waals surface area contributed by atoms with Crippen molar-refractivity contribution in [3.8, 4) is 5.75 Å². The van der Waals surface area contributed by atoms with Crippen LogP contribution in [0.4, 0.5) is 5.00 Å². The van der Waals surface area contributed by atoms with E-state index < -0.39 is 0 Å². The van der Waals surface area contributed by atoms with Gasteiger partial charge in [0.15, 0.2) is 0 Å². The average molecular weight is 388 g/mol. The van der Waals surface area contributed by atoms with E-state index in [1.807, 2.05) is 31.2 Å². The number of benzene rings is 1. The van der Waals surface area contributed by atoms with Crippen molar-refractivity contribution in [3.63, 3.8) is 0 Å². The lowest BCUT2D eigenvalue weighted by Crippen LogP contribution is -2.17. The van der Waals surface area contributed by atoms with E-state index in [1.165, 1.54) is 16.2 Å². The highest BCUT2D eigenvalue weighted by atomic mass is 32.1. The molecule has 144 valence electrons. The molecule has 0 saturated heterocycles. The number of carbonyl (C=O) groups is 2. The van der Waals surface area contributed by atoms with E-state index in [1.54, 1.807) is 7.11 Å². The van der Waals surface area contributed by atoms with E-state index in [0.29, 0.717) is 17.2 Å². The molecule has 0 radical (unpaired) electrons. The predicted octanol–water partition coefficient (Wildman–Crippen LogP) is 4.38. The Balaban J connectivity index is 1.77. The van der Waals surface area contributed by atoms with Gasteiger partial charge < -0.3 is 14.8 Å². The van der Waals surface area contributed by atoms with Gasteiger partial charge in [-0.15, -0.1) is 11.3 Å². The molecule has 0 fully saturated rings. The molecule has 0 bridgehead atoms. The van der Waals surface area contributed by atoms with E-state index in [4.69, 9.17) is 9.47 Å². The number of amides is 1. The fourth-order valence-electron chi connectivity index (χ4n) is 3.24. The summed E-state index contributed by atoms with van der Waals surface area (Å²) >= 11 is 1.52. The number of thiophene rings is 1. The van der Waals surface area contributed by atoms with Crippen molar-refractivity contribution in [2.24, 2.45) is 0 Å². The predicted molar refractivity (Wildman–Crippen MR) is 107 cm³/mol. The Morgan fingerprint density at radius 3 is 2.59 bits per heavy atom. The van der Waals surface area contributed by atoms with Crippen LogP contribution in [0.2, 0.25) is 0 Å². The van der Waals surface area contributed by atoms with Gasteiger partial charge in [0, 0.05) is 4.88 Å². The molecular weight excluding hydrogens is 362 g/mol. The number of fused-ring (bicyclic) bond motifs is 1. The van der Waals surface area contributed by atoms with E-state index >= 15 is 0 Å². The molecule has 27 heavy (non-hydrogen) atoms. The molecule has 1 aromatic heterocycles. The Morgan fingerprint density at radius 2 is 1.89 bits per heavy atom. The van der Waals surface area contributed by atoms with Gasteiger partial charge in [-0.3, -0.25) is 4.79 Å². The largest absolute Gasteiger partial charge is 0.497 e. The minimum absolute atomic E-state index is 0.136. The van der Waals surface area contributed by atoms with Crippen LogP contribution >= 0.6 is 11.3 Å². The summed E-state index contributed by atoms with van der Waals surface area (Å²) in [6, 6.07) is 7.41. The molecule has 1 N–H and O–H groups in total. The van der Waals surface area contributed by atoms with Gasteiger partial charge in [-0.2, -0.15) is 0 Å². The maximum absolute atomic E-state index is 12.6. The Hall–Kier alpha value is -2.34. The summed E-state index contributed by atoms with van der Waals surface area (Å²) in [5.41, 5.74) is 2.52. The van der Waals surface area contributed by atoms with Crippen molar-refractivity contribution in [3.05, 3.63) is 45.8 Å². The van der Waals surface area contributed by atoms with E-state index in [-0.39, 0.29) is 18.3 Å². The zero-order valence-electron chi connectivity index (χ0n) is 15.8. The first-order chi connectivity index (χ1) is 13.1. The molecule has 0 atom stereocenters. The first-order valence-corrected chi connectivity index (χ1v) is 10.2. The maximum Gasteiger partial charge on any atom is 0.341 e. The molecule has 1 amide bonds. The summed E-state index contributed by atoms with van der Waals surface area (Å²) in [6.45, 7) is 2.36. The van der Waals surface area contributed by atoms with E-state index in [2.05, 4.69) is 5.32 Å². The van der Waals surface area contributed by atoms with Crippen molar-refractivity contribution in [2.75, 3.05) is 19.0 Å². The molecule has 0 unspecified atom stereocenters. The van der Waals surface area contributed by atoms with Crippen LogP contribution in [0.1, 0.15) is 52.5 Å². The van der Waals surface area contributed by atoms with Crippen LogP contribution in [-0.4, -0.2) is 25.6 Å².